The lowest BCUT2D eigenvalue weighted by molar-refractivity contribution is -0.141. The van der Waals surface area contributed by atoms with Gasteiger partial charge in [-0.3, -0.25) is 4.79 Å². The molecule has 1 unspecified atom stereocenters. The van der Waals surface area contributed by atoms with E-state index in [2.05, 4.69) is 0 Å². The molecular formula is C12H12ClNO4S. The maximum atomic E-state index is 12.3. The summed E-state index contributed by atoms with van der Waals surface area (Å²) in [4.78, 5) is 24.8. The number of carbonyl (C=O) groups is 2. The normalized spacial score (nSPS) is 19.2. The number of halogens is 1. The molecule has 0 aromatic heterocycles. The van der Waals surface area contributed by atoms with Gasteiger partial charge in [0, 0.05) is 18.1 Å². The molecule has 1 atom stereocenters. The zero-order valence-electron chi connectivity index (χ0n) is 9.88. The van der Waals surface area contributed by atoms with Crippen LogP contribution in [0.2, 0.25) is 5.02 Å². The van der Waals surface area contributed by atoms with Gasteiger partial charge in [-0.25, -0.2) is 4.79 Å². The molecule has 19 heavy (non-hydrogen) atoms. The summed E-state index contributed by atoms with van der Waals surface area (Å²) in [5.41, 5.74) is 0.125. The number of thioether (sulfide) groups is 1. The van der Waals surface area contributed by atoms with Crippen molar-refractivity contribution in [2.24, 2.45) is 0 Å². The molecular weight excluding hydrogens is 290 g/mol. The highest BCUT2D eigenvalue weighted by Gasteiger charge is 2.33. The monoisotopic (exact) mass is 301 g/mol. The van der Waals surface area contributed by atoms with Gasteiger partial charge >= 0.3 is 5.97 Å². The molecule has 1 amide bonds. The number of rotatable bonds is 2. The first kappa shape index (κ1) is 14.0. The molecule has 0 bridgehead atoms. The summed E-state index contributed by atoms with van der Waals surface area (Å²) >= 11 is 7.42. The van der Waals surface area contributed by atoms with E-state index < -0.39 is 17.9 Å². The Hall–Kier alpha value is -1.40. The number of aromatic hydroxyl groups is 1. The number of carboxylic acid groups (broad SMARTS) is 1. The third kappa shape index (κ3) is 2.96. The van der Waals surface area contributed by atoms with E-state index in [0.29, 0.717) is 18.1 Å². The fourth-order valence-electron chi connectivity index (χ4n) is 1.88. The summed E-state index contributed by atoms with van der Waals surface area (Å²) in [6.45, 7) is 0.354. The van der Waals surface area contributed by atoms with Crippen LogP contribution in [0.4, 0.5) is 0 Å². The van der Waals surface area contributed by atoms with Crippen molar-refractivity contribution in [2.75, 3.05) is 18.1 Å². The number of hydrogen-bond donors (Lipinski definition) is 2. The van der Waals surface area contributed by atoms with Gasteiger partial charge in [-0.15, -0.1) is 0 Å². The summed E-state index contributed by atoms with van der Waals surface area (Å²) in [6.07, 6.45) is 0. The highest BCUT2D eigenvalue weighted by atomic mass is 35.5. The minimum atomic E-state index is -1.03. The predicted molar refractivity (Wildman–Crippen MR) is 72.9 cm³/mol. The van der Waals surface area contributed by atoms with E-state index in [-0.39, 0.29) is 16.3 Å². The first-order valence-electron chi connectivity index (χ1n) is 5.60. The SMILES string of the molecule is O=C(O)C1CSCCN1C(=O)c1cc(O)ccc1Cl. The van der Waals surface area contributed by atoms with E-state index >= 15 is 0 Å². The van der Waals surface area contributed by atoms with Gasteiger partial charge in [-0.1, -0.05) is 11.6 Å². The smallest absolute Gasteiger partial charge is 0.327 e. The van der Waals surface area contributed by atoms with E-state index in [0.717, 1.165) is 0 Å². The number of hydrogen-bond acceptors (Lipinski definition) is 4. The minimum Gasteiger partial charge on any atom is -0.508 e. The van der Waals surface area contributed by atoms with Gasteiger partial charge in [0.2, 0.25) is 0 Å². The lowest BCUT2D eigenvalue weighted by atomic mass is 10.1. The Balaban J connectivity index is 2.31. The Morgan fingerprint density at radius 1 is 1.42 bits per heavy atom. The maximum Gasteiger partial charge on any atom is 0.327 e. The maximum absolute atomic E-state index is 12.3. The van der Waals surface area contributed by atoms with Crippen molar-refractivity contribution >= 4 is 35.2 Å². The van der Waals surface area contributed by atoms with Crippen molar-refractivity contribution in [1.29, 1.82) is 0 Å². The number of nitrogens with zero attached hydrogens (tertiary/aromatic N) is 1. The number of phenols is 1. The van der Waals surface area contributed by atoms with Gasteiger partial charge in [0.15, 0.2) is 0 Å². The topological polar surface area (TPSA) is 77.8 Å². The molecule has 2 N–H and O–H groups in total. The summed E-state index contributed by atoms with van der Waals surface area (Å²) in [5.74, 6) is -0.528. The molecule has 1 saturated heterocycles. The third-order valence-corrected chi connectivity index (χ3v) is 4.21. The van der Waals surface area contributed by atoms with Crippen molar-refractivity contribution < 1.29 is 19.8 Å². The predicted octanol–water partition coefficient (Wildman–Crippen LogP) is 1.69. The second-order valence-corrected chi connectivity index (χ2v) is 5.65. The van der Waals surface area contributed by atoms with Crippen LogP contribution in [0, 0.1) is 0 Å². The van der Waals surface area contributed by atoms with Gasteiger partial charge < -0.3 is 15.1 Å². The zero-order chi connectivity index (χ0) is 14.0. The van der Waals surface area contributed by atoms with Crippen LogP contribution in [-0.2, 0) is 4.79 Å². The molecule has 7 heteroatoms. The molecule has 1 aliphatic heterocycles. The van der Waals surface area contributed by atoms with E-state index in [1.807, 2.05) is 0 Å². The average Bonchev–Trinajstić information content (AvgIpc) is 2.40. The third-order valence-electron chi connectivity index (χ3n) is 2.85. The summed E-state index contributed by atoms with van der Waals surface area (Å²) < 4.78 is 0. The molecule has 0 aliphatic carbocycles. The Bertz CT molecular complexity index is 522. The van der Waals surface area contributed by atoms with Crippen LogP contribution >= 0.6 is 23.4 Å². The van der Waals surface area contributed by atoms with Crippen LogP contribution in [0.5, 0.6) is 5.75 Å². The van der Waals surface area contributed by atoms with Crippen LogP contribution < -0.4 is 0 Å². The Kier molecular flexibility index (Phi) is 4.21. The van der Waals surface area contributed by atoms with E-state index in [1.165, 1.54) is 34.9 Å². The van der Waals surface area contributed by atoms with Crippen molar-refractivity contribution in [3.05, 3.63) is 28.8 Å². The fraction of sp³-hybridized carbons (Fsp3) is 0.333. The number of carboxylic acids is 1. The minimum absolute atomic E-state index is 0.0778. The van der Waals surface area contributed by atoms with Crippen molar-refractivity contribution in [1.82, 2.24) is 4.90 Å². The lowest BCUT2D eigenvalue weighted by Gasteiger charge is -2.32. The number of benzene rings is 1. The number of amides is 1. The van der Waals surface area contributed by atoms with Crippen LogP contribution in [0.15, 0.2) is 18.2 Å². The van der Waals surface area contributed by atoms with Gasteiger partial charge in [0.1, 0.15) is 11.8 Å². The van der Waals surface area contributed by atoms with Crippen LogP contribution in [0.25, 0.3) is 0 Å². The van der Waals surface area contributed by atoms with Gasteiger partial charge in [0.25, 0.3) is 5.91 Å². The van der Waals surface area contributed by atoms with E-state index in [1.54, 1.807) is 0 Å². The van der Waals surface area contributed by atoms with E-state index in [4.69, 9.17) is 16.7 Å². The Morgan fingerprint density at radius 3 is 2.84 bits per heavy atom. The molecule has 1 aromatic carbocycles. The summed E-state index contributed by atoms with van der Waals surface area (Å²) in [7, 11) is 0. The Labute approximate surface area is 119 Å². The molecule has 0 radical (unpaired) electrons. The van der Waals surface area contributed by atoms with Crippen LogP contribution in [-0.4, -0.2) is 51.1 Å². The zero-order valence-corrected chi connectivity index (χ0v) is 11.4. The van der Waals surface area contributed by atoms with Crippen LogP contribution in [0.1, 0.15) is 10.4 Å². The Morgan fingerprint density at radius 2 is 2.16 bits per heavy atom. The first-order chi connectivity index (χ1) is 9.00. The molecule has 1 aromatic rings. The molecule has 102 valence electrons. The molecule has 5 nitrogen and oxygen atoms in total. The van der Waals surface area contributed by atoms with Gasteiger partial charge in [-0.2, -0.15) is 11.8 Å². The molecule has 0 saturated carbocycles. The molecule has 1 heterocycles. The first-order valence-corrected chi connectivity index (χ1v) is 7.14. The fourth-order valence-corrected chi connectivity index (χ4v) is 3.12. The van der Waals surface area contributed by atoms with Crippen molar-refractivity contribution in [3.63, 3.8) is 0 Å². The van der Waals surface area contributed by atoms with E-state index in [9.17, 15) is 14.7 Å². The summed E-state index contributed by atoms with van der Waals surface area (Å²) in [6, 6.07) is 3.19. The number of aliphatic carboxylic acids is 1. The second-order valence-electron chi connectivity index (χ2n) is 4.09. The van der Waals surface area contributed by atoms with Crippen LogP contribution in [0.3, 0.4) is 0 Å². The standard InChI is InChI=1S/C12H12ClNO4S/c13-9-2-1-7(15)5-8(9)11(16)14-3-4-19-6-10(14)12(17)18/h1-2,5,10,15H,3-4,6H2,(H,17,18). The molecule has 0 spiro atoms. The van der Waals surface area contributed by atoms with Gasteiger partial charge in [-0.05, 0) is 18.2 Å². The average molecular weight is 302 g/mol. The highest BCUT2D eigenvalue weighted by Crippen LogP contribution is 2.25. The molecule has 1 fully saturated rings. The largest absolute Gasteiger partial charge is 0.508 e. The van der Waals surface area contributed by atoms with Crippen molar-refractivity contribution in [2.45, 2.75) is 6.04 Å². The van der Waals surface area contributed by atoms with Crippen molar-refractivity contribution in [3.8, 4) is 5.75 Å². The second kappa shape index (κ2) is 5.71. The molecule has 1 aliphatic rings. The molecule has 2 rings (SSSR count). The number of phenolic OH excluding ortho intramolecular Hbond substituents is 1. The van der Waals surface area contributed by atoms with Gasteiger partial charge in [0.05, 0.1) is 10.6 Å². The highest BCUT2D eigenvalue weighted by molar-refractivity contribution is 7.99. The lowest BCUT2D eigenvalue weighted by Crippen LogP contribution is -2.50. The number of carbonyl (C=O) groups excluding carboxylic acids is 1. The summed E-state index contributed by atoms with van der Waals surface area (Å²) in [5, 5.41) is 18.7. The quantitative estimate of drug-likeness (QED) is 0.869.